The van der Waals surface area contributed by atoms with Gasteiger partial charge in [0.05, 0.1) is 24.8 Å². The van der Waals surface area contributed by atoms with Gasteiger partial charge in [-0.2, -0.15) is 5.26 Å². The largest absolute Gasteiger partial charge is 0.493 e. The number of aliphatic hydroxyl groups is 1. The lowest BCUT2D eigenvalue weighted by Crippen LogP contribution is -2.75. The van der Waals surface area contributed by atoms with Crippen molar-refractivity contribution in [3.8, 4) is 23.3 Å². The Labute approximate surface area is 266 Å². The lowest BCUT2D eigenvalue weighted by molar-refractivity contribution is -0.166. The minimum atomic E-state index is -0.858. The minimum Gasteiger partial charge on any atom is -0.493 e. The molecule has 2 saturated heterocycles. The van der Waals surface area contributed by atoms with Crippen LogP contribution in [0.2, 0.25) is 0 Å². The third-order valence-electron chi connectivity index (χ3n) is 9.50. The number of hydrogen-bond donors (Lipinski definition) is 2. The van der Waals surface area contributed by atoms with E-state index < -0.39 is 17.7 Å². The molecule has 0 unspecified atom stereocenters. The molecule has 10 heteroatoms. The molecule has 2 amide bonds. The van der Waals surface area contributed by atoms with Gasteiger partial charge in [0.2, 0.25) is 11.8 Å². The monoisotopic (exact) mass is 624 g/mol. The van der Waals surface area contributed by atoms with E-state index in [-0.39, 0.29) is 30.1 Å². The molecular formula is C34H45ClN4O5. The number of hydrogen-bond acceptors (Lipinski definition) is 7. The van der Waals surface area contributed by atoms with Gasteiger partial charge in [0.1, 0.15) is 17.3 Å². The second-order valence-electron chi connectivity index (χ2n) is 12.2. The smallest absolute Gasteiger partial charge is 0.248 e. The van der Waals surface area contributed by atoms with Crippen LogP contribution in [0.1, 0.15) is 75.8 Å². The number of amides is 2. The summed E-state index contributed by atoms with van der Waals surface area (Å²) in [5, 5.41) is 23.3. The van der Waals surface area contributed by atoms with Crippen LogP contribution in [0.5, 0.6) is 17.2 Å². The number of unbranched alkanes of at least 4 members (excludes halogenated alkanes) is 1. The summed E-state index contributed by atoms with van der Waals surface area (Å²) in [7, 11) is 1.55. The summed E-state index contributed by atoms with van der Waals surface area (Å²) in [6, 6.07) is 14.2. The summed E-state index contributed by atoms with van der Waals surface area (Å²) >= 11 is 0. The van der Waals surface area contributed by atoms with Crippen LogP contribution in [0, 0.1) is 17.2 Å². The number of piperazine rings is 1. The van der Waals surface area contributed by atoms with E-state index in [0.717, 1.165) is 50.6 Å². The molecule has 2 aliphatic heterocycles. The first-order valence-electron chi connectivity index (χ1n) is 15.8. The number of methoxy groups -OCH3 is 1. The Balaban J connectivity index is 0.00000442. The third kappa shape index (κ3) is 7.14. The highest BCUT2D eigenvalue weighted by Gasteiger charge is 2.55. The standard InChI is InChI=1S/C34H44N4O5.ClH/c1-3-4-18-38-32(40)30(31(39)26-8-6-5-7-9-26)36-33(41)34(38)16-19-37(20-17-34)23-24-10-13-27(14-11-24)43-28-15-12-25(22-35)21-29(28)42-2;/h10-15,21,26,30-31,39H,3-9,16-20,23H2,1-2H3,(H,36,41);1H/t30-,31-;/m1./s1. The Morgan fingerprint density at radius 2 is 1.77 bits per heavy atom. The zero-order valence-electron chi connectivity index (χ0n) is 25.8. The van der Waals surface area contributed by atoms with Crippen molar-refractivity contribution in [3.05, 3.63) is 53.6 Å². The van der Waals surface area contributed by atoms with Crippen LogP contribution in [0.15, 0.2) is 42.5 Å². The number of nitrogens with zero attached hydrogens (tertiary/aromatic N) is 3. The van der Waals surface area contributed by atoms with E-state index in [9.17, 15) is 14.7 Å². The molecule has 2 aromatic carbocycles. The number of likely N-dealkylation sites (tertiary alicyclic amines) is 1. The number of carbonyl (C=O) groups excluding carboxylic acids is 2. The number of rotatable bonds is 10. The number of ether oxygens (including phenoxy) is 2. The Morgan fingerprint density at radius 3 is 2.41 bits per heavy atom. The van der Waals surface area contributed by atoms with Crippen molar-refractivity contribution in [2.45, 2.75) is 88.9 Å². The molecule has 1 saturated carbocycles. The van der Waals surface area contributed by atoms with Crippen molar-refractivity contribution in [3.63, 3.8) is 0 Å². The van der Waals surface area contributed by atoms with E-state index in [0.29, 0.717) is 55.3 Å². The normalized spacial score (nSPS) is 21.2. The van der Waals surface area contributed by atoms with Crippen molar-refractivity contribution in [2.75, 3.05) is 26.7 Å². The number of nitriles is 1. The zero-order chi connectivity index (χ0) is 30.4. The summed E-state index contributed by atoms with van der Waals surface area (Å²) < 4.78 is 11.4. The molecule has 9 nitrogen and oxygen atoms in total. The molecule has 1 aliphatic carbocycles. The number of benzene rings is 2. The molecule has 238 valence electrons. The molecule has 5 rings (SSSR count). The molecule has 1 spiro atoms. The number of carbonyl (C=O) groups is 2. The van der Waals surface area contributed by atoms with Crippen LogP contribution >= 0.6 is 12.4 Å². The van der Waals surface area contributed by atoms with E-state index in [1.54, 1.807) is 25.3 Å². The predicted octanol–water partition coefficient (Wildman–Crippen LogP) is 5.18. The van der Waals surface area contributed by atoms with Crippen LogP contribution in [-0.4, -0.2) is 71.1 Å². The Hall–Kier alpha value is -3.32. The topological polar surface area (TPSA) is 115 Å². The van der Waals surface area contributed by atoms with E-state index in [1.807, 2.05) is 29.2 Å². The molecule has 2 heterocycles. The van der Waals surface area contributed by atoms with Crippen molar-refractivity contribution < 1.29 is 24.2 Å². The first-order valence-corrected chi connectivity index (χ1v) is 15.8. The van der Waals surface area contributed by atoms with Gasteiger partial charge in [-0.1, -0.05) is 44.7 Å². The maximum Gasteiger partial charge on any atom is 0.248 e. The second-order valence-corrected chi connectivity index (χ2v) is 12.2. The minimum absolute atomic E-state index is 0. The predicted molar refractivity (Wildman–Crippen MR) is 170 cm³/mol. The first kappa shape index (κ1) is 33.6. The molecule has 3 aliphatic rings. The lowest BCUT2D eigenvalue weighted by atomic mass is 9.78. The fourth-order valence-corrected chi connectivity index (χ4v) is 6.91. The average Bonchev–Trinajstić information content (AvgIpc) is 3.05. The highest BCUT2D eigenvalue weighted by atomic mass is 35.5. The SMILES string of the molecule is CCCCN1C(=O)[C@@H]([C@H](O)C2CCCCC2)NC(=O)C12CCN(Cc1ccc(Oc3ccc(C#N)cc3OC)cc1)CC2.Cl. The van der Waals surface area contributed by atoms with E-state index >= 15 is 0 Å². The summed E-state index contributed by atoms with van der Waals surface area (Å²) in [5.74, 6) is 1.54. The van der Waals surface area contributed by atoms with Gasteiger partial charge in [-0.3, -0.25) is 14.5 Å². The van der Waals surface area contributed by atoms with E-state index in [4.69, 9.17) is 14.7 Å². The van der Waals surface area contributed by atoms with Crippen LogP contribution < -0.4 is 14.8 Å². The van der Waals surface area contributed by atoms with Crippen LogP contribution in [-0.2, 0) is 16.1 Å². The van der Waals surface area contributed by atoms with Crippen LogP contribution in [0.4, 0.5) is 0 Å². The summed E-state index contributed by atoms with van der Waals surface area (Å²) in [5.41, 5.74) is 0.768. The van der Waals surface area contributed by atoms with Gasteiger partial charge in [-0.25, -0.2) is 0 Å². The first-order chi connectivity index (χ1) is 20.9. The van der Waals surface area contributed by atoms with E-state index in [2.05, 4.69) is 23.2 Å². The molecule has 44 heavy (non-hydrogen) atoms. The quantitative estimate of drug-likeness (QED) is 0.374. The molecule has 0 radical (unpaired) electrons. The van der Waals surface area contributed by atoms with Crippen LogP contribution in [0.3, 0.4) is 0 Å². The Morgan fingerprint density at radius 1 is 1.07 bits per heavy atom. The van der Waals surface area contributed by atoms with Crippen molar-refractivity contribution in [1.29, 1.82) is 5.26 Å². The fraction of sp³-hybridized carbons (Fsp3) is 0.559. The lowest BCUT2D eigenvalue weighted by Gasteiger charge is -2.52. The summed E-state index contributed by atoms with van der Waals surface area (Å²) in [4.78, 5) is 31.7. The average molecular weight is 625 g/mol. The number of piperidine rings is 1. The fourth-order valence-electron chi connectivity index (χ4n) is 6.91. The van der Waals surface area contributed by atoms with Crippen molar-refractivity contribution in [1.82, 2.24) is 15.1 Å². The van der Waals surface area contributed by atoms with Gasteiger partial charge in [0.25, 0.3) is 0 Å². The van der Waals surface area contributed by atoms with Crippen molar-refractivity contribution >= 4 is 24.2 Å². The Kier molecular flexibility index (Phi) is 11.5. The Bertz CT molecular complexity index is 1320. The number of aliphatic hydroxyl groups excluding tert-OH is 1. The van der Waals surface area contributed by atoms with Crippen molar-refractivity contribution in [2.24, 2.45) is 5.92 Å². The zero-order valence-corrected chi connectivity index (χ0v) is 26.6. The number of halogens is 1. The molecule has 3 fully saturated rings. The van der Waals surface area contributed by atoms with Gasteiger partial charge in [0, 0.05) is 32.2 Å². The van der Waals surface area contributed by atoms with E-state index in [1.165, 1.54) is 6.42 Å². The maximum absolute atomic E-state index is 13.8. The molecule has 0 bridgehead atoms. The van der Waals surface area contributed by atoms with Gasteiger partial charge < -0.3 is 24.8 Å². The maximum atomic E-state index is 13.8. The molecule has 2 atom stereocenters. The number of nitrogens with one attached hydrogen (secondary N) is 1. The van der Waals surface area contributed by atoms with Crippen LogP contribution in [0.25, 0.3) is 0 Å². The highest BCUT2D eigenvalue weighted by molar-refractivity contribution is 6.00. The van der Waals surface area contributed by atoms with Gasteiger partial charge in [-0.15, -0.1) is 12.4 Å². The third-order valence-corrected chi connectivity index (χ3v) is 9.50. The second kappa shape index (κ2) is 15.1. The molecular weight excluding hydrogens is 580 g/mol. The van der Waals surface area contributed by atoms with Gasteiger partial charge in [0.15, 0.2) is 11.5 Å². The van der Waals surface area contributed by atoms with Gasteiger partial charge in [-0.05, 0) is 67.9 Å². The molecule has 2 N–H and O–H groups in total. The summed E-state index contributed by atoms with van der Waals surface area (Å²) in [6.07, 6.45) is 7.19. The molecule has 2 aromatic rings. The van der Waals surface area contributed by atoms with Gasteiger partial charge >= 0.3 is 0 Å². The highest BCUT2D eigenvalue weighted by Crippen LogP contribution is 2.37. The molecule has 0 aromatic heterocycles. The summed E-state index contributed by atoms with van der Waals surface area (Å²) in [6.45, 7) is 4.75.